The molecule has 0 heterocycles. The minimum absolute atomic E-state index is 1.03. The van der Waals surface area contributed by atoms with Crippen molar-refractivity contribution >= 4 is 21.5 Å². The lowest BCUT2D eigenvalue weighted by Gasteiger charge is -2.18. The van der Waals surface area contributed by atoms with E-state index in [1.807, 2.05) is 13.8 Å². The minimum Gasteiger partial charge on any atom is -0.0683 e. The van der Waals surface area contributed by atoms with Crippen LogP contribution in [-0.4, -0.2) is 0 Å². The van der Waals surface area contributed by atoms with Gasteiger partial charge in [-0.1, -0.05) is 129 Å². The lowest BCUT2D eigenvalue weighted by Crippen LogP contribution is -1.91. The molecule has 1 aliphatic rings. The molecule has 0 heteroatoms. The predicted octanol–water partition coefficient (Wildman–Crippen LogP) is 9.92. The van der Waals surface area contributed by atoms with Gasteiger partial charge in [-0.15, -0.1) is 0 Å². The van der Waals surface area contributed by atoms with Gasteiger partial charge in [0.05, 0.1) is 0 Å². The molecule has 35 heavy (non-hydrogen) atoms. The molecule has 0 nitrogen and oxygen atoms in total. The van der Waals surface area contributed by atoms with Crippen molar-refractivity contribution in [2.75, 3.05) is 0 Å². The summed E-state index contributed by atoms with van der Waals surface area (Å²) in [5.41, 5.74) is 10.8. The molecule has 0 saturated heterocycles. The van der Waals surface area contributed by atoms with Gasteiger partial charge in [0.1, 0.15) is 0 Å². The molecule has 0 amide bonds. The molecule has 0 spiro atoms. The maximum absolute atomic E-state index is 2.41. The molecule has 7 rings (SSSR count). The third-order valence-corrected chi connectivity index (χ3v) is 7.08. The summed E-state index contributed by atoms with van der Waals surface area (Å²) in [4.78, 5) is 0. The van der Waals surface area contributed by atoms with E-state index in [1.54, 1.807) is 0 Å². The summed E-state index contributed by atoms with van der Waals surface area (Å²) in [7, 11) is 0. The molecule has 0 saturated carbocycles. The van der Waals surface area contributed by atoms with E-state index >= 15 is 0 Å². The first kappa shape index (κ1) is 21.4. The Balaban J connectivity index is 0.00000112. The summed E-state index contributed by atoms with van der Waals surface area (Å²) in [6.07, 6.45) is 1.03. The van der Waals surface area contributed by atoms with E-state index in [-0.39, 0.29) is 0 Å². The van der Waals surface area contributed by atoms with Gasteiger partial charge in [0.15, 0.2) is 0 Å². The zero-order valence-electron chi connectivity index (χ0n) is 20.3. The largest absolute Gasteiger partial charge is 0.0683 e. The highest BCUT2D eigenvalue weighted by molar-refractivity contribution is 6.21. The van der Waals surface area contributed by atoms with E-state index in [0.717, 1.165) is 6.42 Å². The molecular weight excluding hydrogens is 420 g/mol. The van der Waals surface area contributed by atoms with Crippen LogP contribution in [0.5, 0.6) is 0 Å². The zero-order valence-corrected chi connectivity index (χ0v) is 20.3. The van der Waals surface area contributed by atoms with E-state index < -0.39 is 0 Å². The van der Waals surface area contributed by atoms with Crippen LogP contribution in [0.2, 0.25) is 0 Å². The van der Waals surface area contributed by atoms with Crippen LogP contribution in [0.1, 0.15) is 25.0 Å². The molecule has 0 aromatic heterocycles. The summed E-state index contributed by atoms with van der Waals surface area (Å²) in [6.45, 7) is 4.00. The van der Waals surface area contributed by atoms with Gasteiger partial charge in [-0.2, -0.15) is 0 Å². The van der Waals surface area contributed by atoms with Crippen LogP contribution in [0, 0.1) is 0 Å². The molecule has 6 aromatic carbocycles. The summed E-state index contributed by atoms with van der Waals surface area (Å²) in [5, 5.41) is 5.22. The van der Waals surface area contributed by atoms with E-state index in [4.69, 9.17) is 0 Å². The first-order valence-corrected chi connectivity index (χ1v) is 12.6. The Kier molecular flexibility index (Phi) is 5.43. The van der Waals surface area contributed by atoms with E-state index in [1.165, 1.54) is 66.1 Å². The highest BCUT2D eigenvalue weighted by Crippen LogP contribution is 2.45. The molecule has 0 fully saturated rings. The number of benzene rings is 6. The number of fused-ring (bicyclic) bond motifs is 5. The topological polar surface area (TPSA) is 0 Å². The van der Waals surface area contributed by atoms with Gasteiger partial charge in [0.25, 0.3) is 0 Å². The minimum atomic E-state index is 1.03. The van der Waals surface area contributed by atoms with Crippen LogP contribution in [0.4, 0.5) is 0 Å². The average molecular weight is 449 g/mol. The second kappa shape index (κ2) is 8.89. The van der Waals surface area contributed by atoms with Crippen LogP contribution >= 0.6 is 0 Å². The van der Waals surface area contributed by atoms with E-state index in [9.17, 15) is 0 Å². The van der Waals surface area contributed by atoms with Gasteiger partial charge in [-0.25, -0.2) is 0 Å². The number of hydrogen-bond donors (Lipinski definition) is 0. The van der Waals surface area contributed by atoms with Crippen molar-refractivity contribution in [3.63, 3.8) is 0 Å². The zero-order chi connectivity index (χ0) is 23.8. The maximum atomic E-state index is 2.41. The smallest absolute Gasteiger partial charge is 0.00134 e. The van der Waals surface area contributed by atoms with Crippen LogP contribution in [-0.2, 0) is 6.42 Å². The van der Waals surface area contributed by atoms with Crippen molar-refractivity contribution in [3.8, 4) is 33.4 Å². The van der Waals surface area contributed by atoms with Crippen LogP contribution in [0.15, 0.2) is 121 Å². The first-order chi connectivity index (χ1) is 17.4. The third kappa shape index (κ3) is 3.45. The Morgan fingerprint density at radius 2 is 0.886 bits per heavy atom. The summed E-state index contributed by atoms with van der Waals surface area (Å²) >= 11 is 0. The fourth-order valence-electron chi connectivity index (χ4n) is 5.63. The molecule has 168 valence electrons. The highest BCUT2D eigenvalue weighted by Gasteiger charge is 2.21. The van der Waals surface area contributed by atoms with Crippen molar-refractivity contribution in [2.45, 2.75) is 20.3 Å². The molecule has 0 bridgehead atoms. The predicted molar refractivity (Wildman–Crippen MR) is 152 cm³/mol. The molecule has 6 aromatic rings. The molecule has 0 radical (unpaired) electrons. The van der Waals surface area contributed by atoms with Crippen LogP contribution < -0.4 is 0 Å². The fourth-order valence-corrected chi connectivity index (χ4v) is 5.63. The summed E-state index contributed by atoms with van der Waals surface area (Å²) < 4.78 is 0. The standard InChI is InChI=1S/C33H22.C2H6/c1-2-10-22(11-3-1)32-27-14-6-8-16-29(27)33(30-17-9-7-15-28(30)32)25-19-18-24-20-23-12-4-5-13-26(23)31(24)21-25;1-2/h1-19,21H,20H2;1-2H3. The molecular formula is C35H28. The van der Waals surface area contributed by atoms with Crippen molar-refractivity contribution in [2.24, 2.45) is 0 Å². The Morgan fingerprint density at radius 1 is 0.400 bits per heavy atom. The van der Waals surface area contributed by atoms with Crippen molar-refractivity contribution in [1.82, 2.24) is 0 Å². The summed E-state index contributed by atoms with van der Waals surface area (Å²) in [6, 6.07) is 44.4. The van der Waals surface area contributed by atoms with Gasteiger partial charge in [-0.05, 0) is 78.5 Å². The monoisotopic (exact) mass is 448 g/mol. The first-order valence-electron chi connectivity index (χ1n) is 12.6. The van der Waals surface area contributed by atoms with Crippen molar-refractivity contribution in [1.29, 1.82) is 0 Å². The molecule has 0 atom stereocenters. The second-order valence-electron chi connectivity index (χ2n) is 8.91. The van der Waals surface area contributed by atoms with Gasteiger partial charge in [0.2, 0.25) is 0 Å². The van der Waals surface area contributed by atoms with E-state index in [2.05, 4.69) is 121 Å². The summed E-state index contributed by atoms with van der Waals surface area (Å²) in [5.74, 6) is 0. The normalized spacial score (nSPS) is 11.6. The number of rotatable bonds is 2. The maximum Gasteiger partial charge on any atom is -0.00134 e. The van der Waals surface area contributed by atoms with Crippen molar-refractivity contribution in [3.05, 3.63) is 132 Å². The Morgan fingerprint density at radius 3 is 1.51 bits per heavy atom. The number of hydrogen-bond acceptors (Lipinski definition) is 0. The lowest BCUT2D eigenvalue weighted by molar-refractivity contribution is 1.26. The lowest BCUT2D eigenvalue weighted by atomic mass is 9.85. The highest BCUT2D eigenvalue weighted by atomic mass is 14.2. The van der Waals surface area contributed by atoms with Gasteiger partial charge in [0, 0.05) is 0 Å². The molecule has 1 aliphatic carbocycles. The molecule has 0 unspecified atom stereocenters. The van der Waals surface area contributed by atoms with Gasteiger partial charge in [-0.3, -0.25) is 0 Å². The van der Waals surface area contributed by atoms with E-state index in [0.29, 0.717) is 0 Å². The van der Waals surface area contributed by atoms with Gasteiger partial charge < -0.3 is 0 Å². The van der Waals surface area contributed by atoms with Gasteiger partial charge >= 0.3 is 0 Å². The SMILES string of the molecule is CC.c1ccc(-c2c3ccccc3c(-c3ccc4c(c3)-c3ccccc3C4)c3ccccc23)cc1. The quantitative estimate of drug-likeness (QED) is 0.231. The Labute approximate surface area is 207 Å². The molecule has 0 N–H and O–H groups in total. The third-order valence-electron chi connectivity index (χ3n) is 7.08. The Hall–Kier alpha value is -4.16. The fraction of sp³-hybridized carbons (Fsp3) is 0.0857. The Bertz CT molecular complexity index is 1620. The average Bonchev–Trinajstić information content (AvgIpc) is 3.31. The second-order valence-corrected chi connectivity index (χ2v) is 8.91. The van der Waals surface area contributed by atoms with Crippen LogP contribution in [0.25, 0.3) is 54.9 Å². The van der Waals surface area contributed by atoms with Crippen molar-refractivity contribution < 1.29 is 0 Å². The van der Waals surface area contributed by atoms with Crippen LogP contribution in [0.3, 0.4) is 0 Å². The molecule has 0 aliphatic heterocycles.